The lowest BCUT2D eigenvalue weighted by Crippen LogP contribution is -2.51. The van der Waals surface area contributed by atoms with Crippen molar-refractivity contribution in [2.45, 2.75) is 83.3 Å². The molecule has 6 atom stereocenters. The van der Waals surface area contributed by atoms with Crippen LogP contribution in [0.15, 0.2) is 24.3 Å². The molecule has 35 heavy (non-hydrogen) atoms. The first kappa shape index (κ1) is 23.4. The smallest absolute Gasteiger partial charge is 0.315 e. The van der Waals surface area contributed by atoms with E-state index in [0.717, 1.165) is 24.8 Å². The first-order chi connectivity index (χ1) is 16.6. The molecule has 6 unspecified atom stereocenters. The third-order valence-corrected chi connectivity index (χ3v) is 9.73. The zero-order chi connectivity index (χ0) is 24.5. The quantitative estimate of drug-likeness (QED) is 0.457. The van der Waals surface area contributed by atoms with Gasteiger partial charge in [-0.05, 0) is 99.2 Å². The van der Waals surface area contributed by atoms with Crippen molar-refractivity contribution in [2.75, 3.05) is 0 Å². The Morgan fingerprint density at radius 1 is 1.03 bits per heavy atom. The van der Waals surface area contributed by atoms with Crippen LogP contribution < -0.4 is 5.73 Å². The Kier molecular flexibility index (Phi) is 5.53. The number of carbonyl (C=O) groups is 2. The average molecular weight is 486 g/mol. The molecule has 0 aromatic heterocycles. The lowest BCUT2D eigenvalue weighted by Gasteiger charge is -2.55. The lowest BCUT2D eigenvalue weighted by molar-refractivity contribution is -0.202. The number of ether oxygens (including phenoxy) is 3. The highest BCUT2D eigenvalue weighted by Crippen LogP contribution is 2.63. The van der Waals surface area contributed by atoms with E-state index in [4.69, 9.17) is 19.9 Å². The maximum atomic E-state index is 13.2. The van der Waals surface area contributed by atoms with Gasteiger partial charge in [0.05, 0.1) is 24.0 Å². The van der Waals surface area contributed by atoms with E-state index in [9.17, 15) is 14.0 Å². The molecule has 0 aliphatic heterocycles. The van der Waals surface area contributed by atoms with Gasteiger partial charge in [-0.1, -0.05) is 12.1 Å². The monoisotopic (exact) mass is 485 g/mol. The molecule has 6 nitrogen and oxygen atoms in total. The molecule has 0 heterocycles. The van der Waals surface area contributed by atoms with Crippen LogP contribution in [-0.4, -0.2) is 29.9 Å². The molecule has 1 aromatic carbocycles. The number of hydrogen-bond acceptors (Lipinski definition) is 6. The number of benzene rings is 1. The zero-order valence-corrected chi connectivity index (χ0v) is 20.6. The van der Waals surface area contributed by atoms with Crippen LogP contribution in [0.25, 0.3) is 0 Å². The molecule has 6 saturated carbocycles. The Balaban J connectivity index is 1.00. The second-order valence-electron chi connectivity index (χ2n) is 12.4. The molecule has 6 aliphatic carbocycles. The predicted octanol–water partition coefficient (Wildman–Crippen LogP) is 4.34. The third kappa shape index (κ3) is 4.08. The molecule has 6 fully saturated rings. The number of rotatable bonds is 7. The van der Waals surface area contributed by atoms with Crippen molar-refractivity contribution in [3.63, 3.8) is 0 Å². The van der Waals surface area contributed by atoms with Crippen LogP contribution in [0, 0.1) is 46.7 Å². The molecule has 7 rings (SSSR count). The normalized spacial score (nSPS) is 43.5. The Morgan fingerprint density at radius 2 is 1.63 bits per heavy atom. The number of fused-ring (bicyclic) bond motifs is 1. The highest BCUT2D eigenvalue weighted by molar-refractivity contribution is 5.79. The molecule has 6 aliphatic rings. The molecule has 1 aromatic rings. The van der Waals surface area contributed by atoms with Crippen LogP contribution in [0.3, 0.4) is 0 Å². The minimum absolute atomic E-state index is 0.0146. The summed E-state index contributed by atoms with van der Waals surface area (Å²) in [7, 11) is 0. The number of carbonyl (C=O) groups excluding carboxylic acids is 2. The summed E-state index contributed by atoms with van der Waals surface area (Å²) in [6.45, 7) is 3.92. The van der Waals surface area contributed by atoms with Crippen LogP contribution in [0.2, 0.25) is 0 Å². The highest BCUT2D eigenvalue weighted by Gasteiger charge is 2.70. The van der Waals surface area contributed by atoms with Crippen molar-refractivity contribution >= 4 is 11.9 Å². The van der Waals surface area contributed by atoms with E-state index in [0.29, 0.717) is 30.8 Å². The zero-order valence-electron chi connectivity index (χ0n) is 20.6. The van der Waals surface area contributed by atoms with Crippen LogP contribution >= 0.6 is 0 Å². The van der Waals surface area contributed by atoms with Crippen molar-refractivity contribution < 1.29 is 28.2 Å². The SMILES string of the molecule is CC(OC(=O)C1C2CC(OCc3ccc(F)cc3)C(C)(N)C21)OC(=O)C12CC3CC(CC(C3)C1)C2. The Bertz CT molecular complexity index is 972. The molecule has 2 N–H and O–H groups in total. The van der Waals surface area contributed by atoms with Gasteiger partial charge in [0.1, 0.15) is 5.82 Å². The van der Waals surface area contributed by atoms with E-state index in [1.54, 1.807) is 19.1 Å². The molecule has 0 spiro atoms. The first-order valence-electron chi connectivity index (χ1n) is 13.2. The number of esters is 2. The first-order valence-corrected chi connectivity index (χ1v) is 13.2. The average Bonchev–Trinajstić information content (AvgIpc) is 3.45. The standard InChI is InChI=1S/C28H36FNO5/c1-15(35-26(32)28-11-17-7-18(12-28)9-19(8-17)13-28)34-25(31)23-21-10-22(27(2,30)24(21)23)33-14-16-3-5-20(29)6-4-16/h3-6,15,17-19,21-24H,7-14,30H2,1-2H3. The number of hydrogen-bond donors (Lipinski definition) is 1. The maximum absolute atomic E-state index is 13.2. The van der Waals surface area contributed by atoms with E-state index in [2.05, 4.69) is 0 Å². The minimum atomic E-state index is -0.890. The summed E-state index contributed by atoms with van der Waals surface area (Å²) in [6.07, 6.45) is 6.16. The summed E-state index contributed by atoms with van der Waals surface area (Å²) in [5, 5.41) is 0. The highest BCUT2D eigenvalue weighted by atomic mass is 19.1. The molecule has 4 bridgehead atoms. The summed E-state index contributed by atoms with van der Waals surface area (Å²) in [4.78, 5) is 26.1. The van der Waals surface area contributed by atoms with E-state index in [1.165, 1.54) is 31.4 Å². The molecular weight excluding hydrogens is 449 g/mol. The second kappa shape index (κ2) is 8.27. The number of nitrogens with two attached hydrogens (primary N) is 1. The van der Waals surface area contributed by atoms with Gasteiger partial charge in [0.2, 0.25) is 6.29 Å². The van der Waals surface area contributed by atoms with Gasteiger partial charge in [0, 0.05) is 12.5 Å². The van der Waals surface area contributed by atoms with Gasteiger partial charge in [-0.2, -0.15) is 0 Å². The van der Waals surface area contributed by atoms with Crippen molar-refractivity contribution in [3.8, 4) is 0 Å². The van der Waals surface area contributed by atoms with Gasteiger partial charge >= 0.3 is 11.9 Å². The van der Waals surface area contributed by atoms with E-state index >= 15 is 0 Å². The second-order valence-corrected chi connectivity index (χ2v) is 12.4. The summed E-state index contributed by atoms with van der Waals surface area (Å²) in [5.74, 6) is 0.982. The van der Waals surface area contributed by atoms with E-state index < -0.39 is 11.8 Å². The van der Waals surface area contributed by atoms with Crippen molar-refractivity contribution in [1.82, 2.24) is 0 Å². The van der Waals surface area contributed by atoms with Gasteiger partial charge in [-0.15, -0.1) is 0 Å². The van der Waals surface area contributed by atoms with Gasteiger partial charge in [0.25, 0.3) is 0 Å². The number of halogens is 1. The van der Waals surface area contributed by atoms with Gasteiger partial charge in [-0.3, -0.25) is 9.59 Å². The summed E-state index contributed by atoms with van der Waals surface area (Å²) in [6, 6.07) is 6.22. The molecular formula is C28H36FNO5. The largest absolute Gasteiger partial charge is 0.425 e. The van der Waals surface area contributed by atoms with E-state index in [1.807, 2.05) is 6.92 Å². The Hall–Kier alpha value is -1.99. The van der Waals surface area contributed by atoms with Gasteiger partial charge in [0.15, 0.2) is 0 Å². The van der Waals surface area contributed by atoms with Crippen molar-refractivity contribution in [1.29, 1.82) is 0 Å². The fourth-order valence-corrected chi connectivity index (χ4v) is 8.48. The van der Waals surface area contributed by atoms with Gasteiger partial charge < -0.3 is 19.9 Å². The van der Waals surface area contributed by atoms with Crippen LogP contribution in [0.5, 0.6) is 0 Å². The molecule has 0 amide bonds. The van der Waals surface area contributed by atoms with E-state index in [-0.39, 0.29) is 47.0 Å². The summed E-state index contributed by atoms with van der Waals surface area (Å²) in [5.41, 5.74) is 6.49. The van der Waals surface area contributed by atoms with Crippen molar-refractivity contribution in [3.05, 3.63) is 35.6 Å². The fraction of sp³-hybridized carbons (Fsp3) is 0.714. The van der Waals surface area contributed by atoms with Crippen LogP contribution in [0.4, 0.5) is 4.39 Å². The molecule has 0 saturated heterocycles. The Morgan fingerprint density at radius 3 is 2.17 bits per heavy atom. The van der Waals surface area contributed by atoms with Crippen LogP contribution in [-0.2, 0) is 30.4 Å². The van der Waals surface area contributed by atoms with Crippen molar-refractivity contribution in [2.24, 2.45) is 46.7 Å². The van der Waals surface area contributed by atoms with Crippen LogP contribution in [0.1, 0.15) is 64.4 Å². The fourth-order valence-electron chi connectivity index (χ4n) is 8.48. The minimum Gasteiger partial charge on any atom is -0.425 e. The van der Waals surface area contributed by atoms with Gasteiger partial charge in [-0.25, -0.2) is 4.39 Å². The molecule has 0 radical (unpaired) electrons. The third-order valence-electron chi connectivity index (χ3n) is 9.73. The molecule has 7 heteroatoms. The predicted molar refractivity (Wildman–Crippen MR) is 125 cm³/mol. The summed E-state index contributed by atoms with van der Waals surface area (Å²) < 4.78 is 30.5. The lowest BCUT2D eigenvalue weighted by atomic mass is 9.49. The molecule has 190 valence electrons. The maximum Gasteiger partial charge on any atom is 0.315 e. The topological polar surface area (TPSA) is 87.8 Å². The summed E-state index contributed by atoms with van der Waals surface area (Å²) >= 11 is 0. The Labute approximate surface area is 206 Å².